The van der Waals surface area contributed by atoms with E-state index in [2.05, 4.69) is 14.9 Å². The molecular formula is C21H23ClN4O. The van der Waals surface area contributed by atoms with E-state index in [9.17, 15) is 4.79 Å². The summed E-state index contributed by atoms with van der Waals surface area (Å²) in [6, 6.07) is 16.1. The molecule has 1 saturated heterocycles. The molecule has 140 valence electrons. The Bertz CT molecular complexity index is 939. The molecule has 1 fully saturated rings. The fraction of sp³-hybridized carbons (Fsp3) is 0.333. The first-order valence-electron chi connectivity index (χ1n) is 9.40. The summed E-state index contributed by atoms with van der Waals surface area (Å²) in [5.41, 5.74) is 3.17. The van der Waals surface area contributed by atoms with Crippen LogP contribution in [0.15, 0.2) is 54.9 Å². The number of fused-ring (bicyclic) bond motifs is 1. The lowest BCUT2D eigenvalue weighted by Crippen LogP contribution is -2.44. The standard InChI is InChI=1S/C21H23ClN4O/c22-18-8-2-1-6-16(18)14-17-7-5-12-26(17)21(27)23-11-13-25-15-24-19-9-3-4-10-20(19)25/h1-4,6,8-10,15,17H,5,7,11-14H2,(H,23,27). The first-order chi connectivity index (χ1) is 13.2. The van der Waals surface area contributed by atoms with Gasteiger partial charge in [0.2, 0.25) is 0 Å². The van der Waals surface area contributed by atoms with Gasteiger partial charge >= 0.3 is 6.03 Å². The number of aromatic nitrogens is 2. The number of nitrogens with zero attached hydrogens (tertiary/aromatic N) is 3. The predicted molar refractivity (Wildman–Crippen MR) is 108 cm³/mol. The van der Waals surface area contributed by atoms with E-state index in [-0.39, 0.29) is 12.1 Å². The van der Waals surface area contributed by atoms with Crippen molar-refractivity contribution >= 4 is 28.7 Å². The fourth-order valence-corrected chi connectivity index (χ4v) is 4.02. The van der Waals surface area contributed by atoms with Gasteiger partial charge in [-0.05, 0) is 43.0 Å². The minimum atomic E-state index is 0.00831. The lowest BCUT2D eigenvalue weighted by atomic mass is 10.0. The number of nitrogens with one attached hydrogen (secondary N) is 1. The number of hydrogen-bond donors (Lipinski definition) is 1. The third-order valence-corrected chi connectivity index (χ3v) is 5.58. The molecule has 1 aliphatic rings. The maximum absolute atomic E-state index is 12.7. The van der Waals surface area contributed by atoms with Crippen LogP contribution in [0, 0.1) is 0 Å². The van der Waals surface area contributed by atoms with E-state index in [1.54, 1.807) is 0 Å². The monoisotopic (exact) mass is 382 g/mol. The highest BCUT2D eigenvalue weighted by atomic mass is 35.5. The van der Waals surface area contributed by atoms with Crippen molar-refractivity contribution in [1.82, 2.24) is 19.8 Å². The third kappa shape index (κ3) is 3.93. The average molecular weight is 383 g/mol. The number of para-hydroxylation sites is 2. The van der Waals surface area contributed by atoms with Crippen molar-refractivity contribution in [3.8, 4) is 0 Å². The van der Waals surface area contributed by atoms with Crippen molar-refractivity contribution in [2.75, 3.05) is 13.1 Å². The van der Waals surface area contributed by atoms with Crippen LogP contribution in [-0.4, -0.2) is 39.6 Å². The first kappa shape index (κ1) is 17.9. The number of rotatable bonds is 5. The van der Waals surface area contributed by atoms with Crippen LogP contribution in [0.2, 0.25) is 5.02 Å². The number of carbonyl (C=O) groups excluding carboxylic acids is 1. The number of benzene rings is 2. The molecule has 1 aromatic heterocycles. The van der Waals surface area contributed by atoms with Crippen molar-refractivity contribution in [3.05, 3.63) is 65.4 Å². The van der Waals surface area contributed by atoms with E-state index in [1.165, 1.54) is 0 Å². The Labute approximate surface area is 163 Å². The number of amides is 2. The molecule has 1 atom stereocenters. The van der Waals surface area contributed by atoms with Crippen LogP contribution in [0.3, 0.4) is 0 Å². The molecule has 2 heterocycles. The van der Waals surface area contributed by atoms with Gasteiger partial charge in [-0.2, -0.15) is 0 Å². The second kappa shape index (κ2) is 8.01. The predicted octanol–water partition coefficient (Wildman–Crippen LogP) is 4.11. The van der Waals surface area contributed by atoms with Gasteiger partial charge in [-0.3, -0.25) is 0 Å². The summed E-state index contributed by atoms with van der Waals surface area (Å²) in [6.07, 6.45) is 4.69. The lowest BCUT2D eigenvalue weighted by Gasteiger charge is -2.25. The Morgan fingerprint density at radius 3 is 2.89 bits per heavy atom. The highest BCUT2D eigenvalue weighted by Gasteiger charge is 2.29. The molecule has 0 spiro atoms. The lowest BCUT2D eigenvalue weighted by molar-refractivity contribution is 0.192. The highest BCUT2D eigenvalue weighted by molar-refractivity contribution is 6.31. The maximum Gasteiger partial charge on any atom is 0.317 e. The van der Waals surface area contributed by atoms with Gasteiger partial charge in [0, 0.05) is 30.7 Å². The SMILES string of the molecule is O=C(NCCn1cnc2ccccc21)N1CCCC1Cc1ccccc1Cl. The van der Waals surface area contributed by atoms with E-state index in [0.29, 0.717) is 13.1 Å². The van der Waals surface area contributed by atoms with Gasteiger partial charge in [0.25, 0.3) is 0 Å². The van der Waals surface area contributed by atoms with Gasteiger partial charge in [0.05, 0.1) is 17.4 Å². The second-order valence-corrected chi connectivity index (χ2v) is 7.35. The Morgan fingerprint density at radius 2 is 2.00 bits per heavy atom. The number of halogens is 1. The van der Waals surface area contributed by atoms with Crippen molar-refractivity contribution < 1.29 is 4.79 Å². The highest BCUT2D eigenvalue weighted by Crippen LogP contribution is 2.24. The van der Waals surface area contributed by atoms with Crippen LogP contribution in [0.1, 0.15) is 18.4 Å². The molecule has 1 aliphatic heterocycles. The van der Waals surface area contributed by atoms with E-state index in [0.717, 1.165) is 47.4 Å². The molecule has 0 radical (unpaired) electrons. The van der Waals surface area contributed by atoms with Gasteiger partial charge < -0.3 is 14.8 Å². The van der Waals surface area contributed by atoms with Gasteiger partial charge in [-0.25, -0.2) is 9.78 Å². The minimum absolute atomic E-state index is 0.00831. The van der Waals surface area contributed by atoms with Gasteiger partial charge in [0.15, 0.2) is 0 Å². The first-order valence-corrected chi connectivity index (χ1v) is 9.78. The average Bonchev–Trinajstić information content (AvgIpc) is 3.31. The van der Waals surface area contributed by atoms with Crippen molar-refractivity contribution in [2.45, 2.75) is 31.8 Å². The summed E-state index contributed by atoms with van der Waals surface area (Å²) in [7, 11) is 0. The third-order valence-electron chi connectivity index (χ3n) is 5.21. The van der Waals surface area contributed by atoms with Gasteiger partial charge in [-0.15, -0.1) is 0 Å². The topological polar surface area (TPSA) is 50.2 Å². The fourth-order valence-electron chi connectivity index (χ4n) is 3.81. The summed E-state index contributed by atoms with van der Waals surface area (Å²) in [5.74, 6) is 0. The van der Waals surface area contributed by atoms with E-state index < -0.39 is 0 Å². The smallest absolute Gasteiger partial charge is 0.317 e. The van der Waals surface area contributed by atoms with Crippen LogP contribution in [0.25, 0.3) is 11.0 Å². The van der Waals surface area contributed by atoms with E-state index in [1.807, 2.05) is 59.8 Å². The largest absolute Gasteiger partial charge is 0.336 e. The number of urea groups is 1. The number of hydrogen-bond acceptors (Lipinski definition) is 2. The molecule has 2 aromatic carbocycles. The maximum atomic E-state index is 12.7. The zero-order valence-electron chi connectivity index (χ0n) is 15.1. The zero-order chi connectivity index (χ0) is 18.6. The summed E-state index contributed by atoms with van der Waals surface area (Å²) < 4.78 is 2.07. The van der Waals surface area contributed by atoms with E-state index >= 15 is 0 Å². The molecule has 5 nitrogen and oxygen atoms in total. The molecule has 6 heteroatoms. The Balaban J connectivity index is 1.34. The molecule has 0 bridgehead atoms. The van der Waals surface area contributed by atoms with Crippen LogP contribution in [0.4, 0.5) is 4.79 Å². The second-order valence-electron chi connectivity index (χ2n) is 6.94. The van der Waals surface area contributed by atoms with Crippen LogP contribution < -0.4 is 5.32 Å². The summed E-state index contributed by atoms with van der Waals surface area (Å²) in [4.78, 5) is 19.0. The molecule has 27 heavy (non-hydrogen) atoms. The van der Waals surface area contributed by atoms with Crippen molar-refractivity contribution in [2.24, 2.45) is 0 Å². The minimum Gasteiger partial charge on any atom is -0.336 e. The van der Waals surface area contributed by atoms with Crippen molar-refractivity contribution in [3.63, 3.8) is 0 Å². The number of imidazole rings is 1. The number of likely N-dealkylation sites (tertiary alicyclic amines) is 1. The van der Waals surface area contributed by atoms with Crippen molar-refractivity contribution in [1.29, 1.82) is 0 Å². The molecular weight excluding hydrogens is 360 g/mol. The zero-order valence-corrected chi connectivity index (χ0v) is 15.9. The molecule has 3 aromatic rings. The van der Waals surface area contributed by atoms with Crippen LogP contribution in [-0.2, 0) is 13.0 Å². The molecule has 0 saturated carbocycles. The molecule has 0 aliphatic carbocycles. The Morgan fingerprint density at radius 1 is 1.19 bits per heavy atom. The van der Waals surface area contributed by atoms with Gasteiger partial charge in [-0.1, -0.05) is 41.9 Å². The van der Waals surface area contributed by atoms with Gasteiger partial charge in [0.1, 0.15) is 0 Å². The molecule has 1 unspecified atom stereocenters. The Hall–Kier alpha value is -2.53. The quantitative estimate of drug-likeness (QED) is 0.722. The Kier molecular flexibility index (Phi) is 5.30. The summed E-state index contributed by atoms with van der Waals surface area (Å²) >= 11 is 6.29. The molecule has 2 amide bonds. The number of carbonyl (C=O) groups is 1. The van der Waals surface area contributed by atoms with Crippen LogP contribution >= 0.6 is 11.6 Å². The summed E-state index contributed by atoms with van der Waals surface area (Å²) in [5, 5.41) is 3.84. The van der Waals surface area contributed by atoms with Crippen LogP contribution in [0.5, 0.6) is 0 Å². The molecule has 1 N–H and O–H groups in total. The molecule has 4 rings (SSSR count). The summed E-state index contributed by atoms with van der Waals surface area (Å²) in [6.45, 7) is 2.08. The normalized spacial score (nSPS) is 16.8. The van der Waals surface area contributed by atoms with E-state index in [4.69, 9.17) is 11.6 Å².